The van der Waals surface area contributed by atoms with Crippen molar-refractivity contribution in [2.75, 3.05) is 90.3 Å². The fourth-order valence-electron chi connectivity index (χ4n) is 2.91. The van der Waals surface area contributed by atoms with Gasteiger partial charge >= 0.3 is 7.60 Å². The molecule has 0 heterocycles. The first-order valence-corrected chi connectivity index (χ1v) is 15.9. The number of hydrogen-bond donors (Lipinski definition) is 4. The van der Waals surface area contributed by atoms with E-state index in [1.807, 2.05) is 11.8 Å². The standard InChI is InChI=1S/C23H51N2O7PS/c1-2-3-4-5-6-7-10-25-23-32-13-9-22-34-21-8-11-24-12-14-29-15-16-30-17-18-31-19-20-33(26,27)28/h24-25H,2-23H2,1H3,(H2,26,27,28). The van der Waals surface area contributed by atoms with Crippen LogP contribution in [0.3, 0.4) is 0 Å². The molecule has 0 rings (SSSR count). The fraction of sp³-hybridized carbons (Fsp3) is 1.00. The summed E-state index contributed by atoms with van der Waals surface area (Å²) in [7, 11) is -3.97. The molecule has 34 heavy (non-hydrogen) atoms. The molecule has 0 aliphatic heterocycles. The Balaban J connectivity index is 3.03. The Kier molecular flexibility index (Phi) is 28.1. The van der Waals surface area contributed by atoms with Crippen molar-refractivity contribution in [2.24, 2.45) is 0 Å². The van der Waals surface area contributed by atoms with E-state index in [4.69, 9.17) is 28.7 Å². The van der Waals surface area contributed by atoms with Crippen LogP contribution in [0, 0.1) is 0 Å². The van der Waals surface area contributed by atoms with E-state index >= 15 is 0 Å². The highest BCUT2D eigenvalue weighted by Gasteiger charge is 2.11. The molecule has 0 aromatic rings. The minimum atomic E-state index is -3.97. The number of ether oxygens (including phenoxy) is 4. The maximum absolute atomic E-state index is 10.6. The highest BCUT2D eigenvalue weighted by atomic mass is 32.2. The predicted molar refractivity (Wildman–Crippen MR) is 141 cm³/mol. The van der Waals surface area contributed by atoms with Crippen LogP contribution in [0.25, 0.3) is 0 Å². The van der Waals surface area contributed by atoms with Gasteiger partial charge in [0, 0.05) is 13.2 Å². The van der Waals surface area contributed by atoms with Gasteiger partial charge in [-0.3, -0.25) is 9.88 Å². The van der Waals surface area contributed by atoms with Gasteiger partial charge in [-0.2, -0.15) is 11.8 Å². The SMILES string of the molecule is CCCCCCCCNCOCCCSCCCNCCOCCOCCOCCP(=O)(O)O. The number of thioether (sulfide) groups is 1. The van der Waals surface area contributed by atoms with E-state index in [0.717, 1.165) is 50.6 Å². The maximum Gasteiger partial charge on any atom is 0.327 e. The summed E-state index contributed by atoms with van der Waals surface area (Å²) in [5.41, 5.74) is 0. The molecule has 0 saturated heterocycles. The van der Waals surface area contributed by atoms with Gasteiger partial charge < -0.3 is 34.1 Å². The number of nitrogens with one attached hydrogen (secondary N) is 2. The first-order chi connectivity index (χ1) is 16.6. The van der Waals surface area contributed by atoms with E-state index in [1.165, 1.54) is 38.5 Å². The van der Waals surface area contributed by atoms with Crippen molar-refractivity contribution in [3.63, 3.8) is 0 Å². The zero-order valence-corrected chi connectivity index (χ0v) is 23.1. The number of unbranched alkanes of at least 4 members (excludes halogenated alkanes) is 5. The van der Waals surface area contributed by atoms with Crippen LogP contribution in [0.15, 0.2) is 0 Å². The summed E-state index contributed by atoms with van der Waals surface area (Å²) in [5.74, 6) is 2.31. The molecule has 0 atom stereocenters. The first-order valence-electron chi connectivity index (χ1n) is 12.9. The van der Waals surface area contributed by atoms with E-state index < -0.39 is 7.60 Å². The highest BCUT2D eigenvalue weighted by molar-refractivity contribution is 7.99. The van der Waals surface area contributed by atoms with Crippen LogP contribution in [0.2, 0.25) is 0 Å². The molecule has 0 aromatic carbocycles. The van der Waals surface area contributed by atoms with Crippen LogP contribution in [0.1, 0.15) is 58.3 Å². The second-order valence-corrected chi connectivity index (χ2v) is 11.1. The molecular formula is C23H51N2O7PS. The van der Waals surface area contributed by atoms with Gasteiger partial charge in [-0.25, -0.2) is 0 Å². The molecule has 0 unspecified atom stereocenters. The quantitative estimate of drug-likeness (QED) is 0.0652. The van der Waals surface area contributed by atoms with Gasteiger partial charge in [0.1, 0.15) is 0 Å². The van der Waals surface area contributed by atoms with Crippen molar-refractivity contribution in [2.45, 2.75) is 58.3 Å². The Bertz CT molecular complexity index is 448. The van der Waals surface area contributed by atoms with Gasteiger partial charge in [0.15, 0.2) is 0 Å². The van der Waals surface area contributed by atoms with E-state index in [2.05, 4.69) is 17.6 Å². The molecule has 206 valence electrons. The van der Waals surface area contributed by atoms with Crippen molar-refractivity contribution >= 4 is 19.4 Å². The molecule has 9 nitrogen and oxygen atoms in total. The Labute approximate surface area is 211 Å². The zero-order valence-electron chi connectivity index (χ0n) is 21.3. The molecule has 11 heteroatoms. The van der Waals surface area contributed by atoms with E-state index in [1.54, 1.807) is 0 Å². The van der Waals surface area contributed by atoms with Gasteiger partial charge in [0.05, 0.1) is 52.5 Å². The Morgan fingerprint density at radius 3 is 2.00 bits per heavy atom. The molecule has 0 amide bonds. The minimum absolute atomic E-state index is 0.0415. The third-order valence-electron chi connectivity index (χ3n) is 4.82. The summed E-state index contributed by atoms with van der Waals surface area (Å²) in [4.78, 5) is 17.4. The van der Waals surface area contributed by atoms with E-state index in [0.29, 0.717) is 39.8 Å². The molecule has 0 radical (unpaired) electrons. The molecule has 4 N–H and O–H groups in total. The summed E-state index contributed by atoms with van der Waals surface area (Å²) >= 11 is 1.98. The van der Waals surface area contributed by atoms with Crippen molar-refractivity contribution < 1.29 is 33.3 Å². The molecule has 0 aliphatic carbocycles. The lowest BCUT2D eigenvalue weighted by Crippen LogP contribution is -2.22. The van der Waals surface area contributed by atoms with Crippen LogP contribution in [0.4, 0.5) is 0 Å². The van der Waals surface area contributed by atoms with Gasteiger partial charge in [-0.05, 0) is 43.9 Å². The lowest BCUT2D eigenvalue weighted by atomic mass is 10.1. The molecular weight excluding hydrogens is 479 g/mol. The Hall–Kier alpha value is 0.260. The van der Waals surface area contributed by atoms with Crippen molar-refractivity contribution in [1.29, 1.82) is 0 Å². The zero-order chi connectivity index (χ0) is 25.0. The van der Waals surface area contributed by atoms with Crippen molar-refractivity contribution in [3.05, 3.63) is 0 Å². The highest BCUT2D eigenvalue weighted by Crippen LogP contribution is 2.33. The maximum atomic E-state index is 10.6. The summed E-state index contributed by atoms with van der Waals surface area (Å²) in [5, 5.41) is 6.73. The largest absolute Gasteiger partial charge is 0.378 e. The second-order valence-electron chi connectivity index (χ2n) is 8.12. The molecule has 0 spiro atoms. The second kappa shape index (κ2) is 27.8. The van der Waals surface area contributed by atoms with Gasteiger partial charge in [0.2, 0.25) is 0 Å². The summed E-state index contributed by atoms with van der Waals surface area (Å²) < 4.78 is 32.2. The predicted octanol–water partition coefficient (Wildman–Crippen LogP) is 3.24. The lowest BCUT2D eigenvalue weighted by molar-refractivity contribution is 0.0175. The molecule has 0 aliphatic rings. The van der Waals surface area contributed by atoms with Crippen LogP contribution >= 0.6 is 19.4 Å². The number of hydrogen-bond acceptors (Lipinski definition) is 8. The van der Waals surface area contributed by atoms with E-state index in [9.17, 15) is 4.57 Å². The van der Waals surface area contributed by atoms with E-state index in [-0.39, 0.29) is 12.8 Å². The average Bonchev–Trinajstić information content (AvgIpc) is 2.80. The molecule has 0 bridgehead atoms. The summed E-state index contributed by atoms with van der Waals surface area (Å²) in [6.45, 7) is 9.07. The number of rotatable bonds is 29. The summed E-state index contributed by atoms with van der Waals surface area (Å²) in [6, 6.07) is 0. The average molecular weight is 531 g/mol. The summed E-state index contributed by atoms with van der Waals surface area (Å²) in [6.07, 6.45) is 9.98. The van der Waals surface area contributed by atoms with Gasteiger partial charge in [-0.15, -0.1) is 0 Å². The Morgan fingerprint density at radius 1 is 0.647 bits per heavy atom. The van der Waals surface area contributed by atoms with Crippen LogP contribution < -0.4 is 10.6 Å². The third-order valence-corrected chi connectivity index (χ3v) is 6.74. The third kappa shape index (κ3) is 32.3. The fourth-order valence-corrected chi connectivity index (χ4v) is 4.15. The molecule has 0 fully saturated rings. The first kappa shape index (κ1) is 34.3. The van der Waals surface area contributed by atoms with Crippen LogP contribution in [-0.4, -0.2) is 100 Å². The smallest absolute Gasteiger partial charge is 0.327 e. The minimum Gasteiger partial charge on any atom is -0.378 e. The monoisotopic (exact) mass is 530 g/mol. The van der Waals surface area contributed by atoms with Crippen molar-refractivity contribution in [3.8, 4) is 0 Å². The van der Waals surface area contributed by atoms with Gasteiger partial charge in [0.25, 0.3) is 0 Å². The van der Waals surface area contributed by atoms with Crippen LogP contribution in [0.5, 0.6) is 0 Å². The topological polar surface area (TPSA) is 119 Å². The van der Waals surface area contributed by atoms with Gasteiger partial charge in [-0.1, -0.05) is 39.0 Å². The Morgan fingerprint density at radius 2 is 1.26 bits per heavy atom. The lowest BCUT2D eigenvalue weighted by Gasteiger charge is -2.08. The normalized spacial score (nSPS) is 12.0. The molecule has 0 aromatic heterocycles. The van der Waals surface area contributed by atoms with Crippen LogP contribution in [-0.2, 0) is 23.5 Å². The van der Waals surface area contributed by atoms with Crippen molar-refractivity contribution in [1.82, 2.24) is 10.6 Å². The molecule has 0 saturated carbocycles.